The number of rotatable bonds is 3. The lowest BCUT2D eigenvalue weighted by molar-refractivity contribution is -0.200. The van der Waals surface area contributed by atoms with Crippen LogP contribution in [-0.2, 0) is 28.6 Å². The van der Waals surface area contributed by atoms with Crippen LogP contribution >= 0.6 is 0 Å². The fraction of sp³-hybridized carbons (Fsp3) is 0.737. The molecule has 2 saturated carbocycles. The molecule has 0 radical (unpaired) electrons. The number of fused-ring (bicyclic) bond motifs is 3. The van der Waals surface area contributed by atoms with Gasteiger partial charge in [0.15, 0.2) is 0 Å². The molecule has 1 heterocycles. The van der Waals surface area contributed by atoms with Crippen molar-refractivity contribution >= 4 is 17.9 Å². The van der Waals surface area contributed by atoms with Gasteiger partial charge in [-0.1, -0.05) is 6.58 Å². The summed E-state index contributed by atoms with van der Waals surface area (Å²) in [5, 5.41) is 11.7. The highest BCUT2D eigenvalue weighted by atomic mass is 16.6. The molecule has 6 atom stereocenters. The smallest absolute Gasteiger partial charge is 0.334 e. The lowest BCUT2D eigenvalue weighted by Gasteiger charge is -2.47. The zero-order chi connectivity index (χ0) is 19.3. The Morgan fingerprint density at radius 2 is 1.96 bits per heavy atom. The summed E-state index contributed by atoms with van der Waals surface area (Å²) in [7, 11) is 0. The van der Waals surface area contributed by atoms with E-state index in [1.165, 1.54) is 13.8 Å². The molecule has 0 amide bonds. The van der Waals surface area contributed by atoms with E-state index >= 15 is 0 Å². The van der Waals surface area contributed by atoms with Gasteiger partial charge >= 0.3 is 17.9 Å². The Labute approximate surface area is 152 Å². The number of aliphatic hydroxyl groups is 1. The van der Waals surface area contributed by atoms with Crippen LogP contribution in [0.2, 0.25) is 0 Å². The molecule has 1 aliphatic heterocycles. The number of hydrogen-bond donors (Lipinski definition) is 1. The van der Waals surface area contributed by atoms with Gasteiger partial charge < -0.3 is 19.3 Å². The summed E-state index contributed by atoms with van der Waals surface area (Å²) in [6.07, 6.45) is 0.766. The minimum absolute atomic E-state index is 0.0775. The van der Waals surface area contributed by atoms with Gasteiger partial charge in [-0.2, -0.15) is 0 Å². The fourth-order valence-corrected chi connectivity index (χ4v) is 5.19. The van der Waals surface area contributed by atoms with Gasteiger partial charge in [-0.3, -0.25) is 9.59 Å². The number of carbonyl (C=O) groups excluding carboxylic acids is 3. The van der Waals surface area contributed by atoms with Crippen molar-refractivity contribution < 1.29 is 33.7 Å². The SMILES string of the molecule is C=C1C(=O)OC2C1CCC(COC(C)=O)C1(O)CCC(OC(C)=O)C21C. The first-order chi connectivity index (χ1) is 12.1. The molecule has 0 spiro atoms. The molecule has 0 aromatic heterocycles. The largest absolute Gasteiger partial charge is 0.465 e. The van der Waals surface area contributed by atoms with Crippen molar-refractivity contribution in [3.63, 3.8) is 0 Å². The summed E-state index contributed by atoms with van der Waals surface area (Å²) in [4.78, 5) is 35.1. The van der Waals surface area contributed by atoms with Crippen LogP contribution in [0.5, 0.6) is 0 Å². The molecule has 0 aromatic rings. The van der Waals surface area contributed by atoms with E-state index in [9.17, 15) is 19.5 Å². The van der Waals surface area contributed by atoms with Crippen molar-refractivity contribution in [1.82, 2.24) is 0 Å². The van der Waals surface area contributed by atoms with E-state index in [2.05, 4.69) is 6.58 Å². The topological polar surface area (TPSA) is 99.1 Å². The Morgan fingerprint density at radius 1 is 1.27 bits per heavy atom. The highest BCUT2D eigenvalue weighted by molar-refractivity contribution is 5.91. The lowest BCUT2D eigenvalue weighted by Crippen LogP contribution is -2.59. The predicted molar refractivity (Wildman–Crippen MR) is 89.7 cm³/mol. The predicted octanol–water partition coefficient (Wildman–Crippen LogP) is 1.52. The first-order valence-electron chi connectivity index (χ1n) is 9.04. The van der Waals surface area contributed by atoms with E-state index in [-0.39, 0.29) is 18.4 Å². The van der Waals surface area contributed by atoms with E-state index < -0.39 is 41.1 Å². The summed E-state index contributed by atoms with van der Waals surface area (Å²) in [6, 6.07) is 0. The van der Waals surface area contributed by atoms with E-state index in [0.29, 0.717) is 31.3 Å². The second-order valence-electron chi connectivity index (χ2n) is 7.88. The minimum Gasteiger partial charge on any atom is -0.465 e. The zero-order valence-corrected chi connectivity index (χ0v) is 15.4. The van der Waals surface area contributed by atoms with Crippen molar-refractivity contribution in [2.75, 3.05) is 6.61 Å². The van der Waals surface area contributed by atoms with Gasteiger partial charge in [0, 0.05) is 31.3 Å². The molecule has 1 N–H and O–H groups in total. The van der Waals surface area contributed by atoms with Gasteiger partial charge in [-0.25, -0.2) is 4.79 Å². The molecule has 6 unspecified atom stereocenters. The zero-order valence-electron chi connectivity index (χ0n) is 15.4. The van der Waals surface area contributed by atoms with Crippen molar-refractivity contribution in [2.45, 2.75) is 64.3 Å². The standard InChI is InChI=1S/C19H26O7/c1-10-14-6-5-13(9-24-11(2)20)19(23)8-7-15(25-12(3)21)18(19,4)16(14)26-17(10)22/h13-16,23H,1,5-9H2,2-4H3. The van der Waals surface area contributed by atoms with E-state index in [1.807, 2.05) is 6.92 Å². The highest BCUT2D eigenvalue weighted by Crippen LogP contribution is 2.61. The van der Waals surface area contributed by atoms with Crippen LogP contribution in [0.1, 0.15) is 46.5 Å². The van der Waals surface area contributed by atoms with Gasteiger partial charge in [-0.05, 0) is 32.6 Å². The summed E-state index contributed by atoms with van der Waals surface area (Å²) in [6.45, 7) is 8.40. The van der Waals surface area contributed by atoms with Crippen molar-refractivity contribution in [2.24, 2.45) is 17.3 Å². The number of esters is 3. The molecule has 0 aromatic carbocycles. The van der Waals surface area contributed by atoms with Gasteiger partial charge in [0.25, 0.3) is 0 Å². The Balaban J connectivity index is 2.03. The van der Waals surface area contributed by atoms with Crippen molar-refractivity contribution in [3.05, 3.63) is 12.2 Å². The lowest BCUT2D eigenvalue weighted by atomic mass is 9.64. The van der Waals surface area contributed by atoms with Gasteiger partial charge in [0.05, 0.1) is 17.6 Å². The van der Waals surface area contributed by atoms with Crippen molar-refractivity contribution in [3.8, 4) is 0 Å². The van der Waals surface area contributed by atoms with Gasteiger partial charge in [0.2, 0.25) is 0 Å². The molecule has 3 aliphatic rings. The number of ether oxygens (including phenoxy) is 3. The van der Waals surface area contributed by atoms with Crippen LogP contribution in [0.3, 0.4) is 0 Å². The van der Waals surface area contributed by atoms with Crippen LogP contribution in [0.4, 0.5) is 0 Å². The van der Waals surface area contributed by atoms with Crippen LogP contribution in [0, 0.1) is 17.3 Å². The molecule has 7 heteroatoms. The van der Waals surface area contributed by atoms with E-state index in [1.54, 1.807) is 0 Å². The molecule has 3 fully saturated rings. The van der Waals surface area contributed by atoms with Crippen LogP contribution < -0.4 is 0 Å². The average molecular weight is 366 g/mol. The first-order valence-corrected chi connectivity index (χ1v) is 9.04. The monoisotopic (exact) mass is 366 g/mol. The maximum atomic E-state index is 12.1. The molecule has 7 nitrogen and oxygen atoms in total. The second-order valence-corrected chi connectivity index (χ2v) is 7.88. The minimum atomic E-state index is -1.28. The third-order valence-corrected chi connectivity index (χ3v) is 6.59. The maximum absolute atomic E-state index is 12.1. The molecule has 2 aliphatic carbocycles. The van der Waals surface area contributed by atoms with Crippen molar-refractivity contribution in [1.29, 1.82) is 0 Å². The Hall–Kier alpha value is -1.89. The van der Waals surface area contributed by atoms with E-state index in [0.717, 1.165) is 0 Å². The molecule has 26 heavy (non-hydrogen) atoms. The number of carbonyl (C=O) groups is 3. The van der Waals surface area contributed by atoms with E-state index in [4.69, 9.17) is 14.2 Å². The van der Waals surface area contributed by atoms with Gasteiger partial charge in [-0.15, -0.1) is 0 Å². The third-order valence-electron chi connectivity index (χ3n) is 6.59. The average Bonchev–Trinajstić information content (AvgIpc) is 2.94. The maximum Gasteiger partial charge on any atom is 0.334 e. The second kappa shape index (κ2) is 6.37. The third kappa shape index (κ3) is 2.64. The molecule has 0 bridgehead atoms. The molecule has 1 saturated heterocycles. The normalized spacial score (nSPS) is 41.7. The Kier molecular flexibility index (Phi) is 4.63. The highest BCUT2D eigenvalue weighted by Gasteiger charge is 2.70. The summed E-state index contributed by atoms with van der Waals surface area (Å²) < 4.78 is 16.4. The van der Waals surface area contributed by atoms with Gasteiger partial charge in [0.1, 0.15) is 12.2 Å². The summed E-state index contributed by atoms with van der Waals surface area (Å²) in [5.41, 5.74) is -1.90. The first kappa shape index (κ1) is 18.9. The number of hydrogen-bond acceptors (Lipinski definition) is 7. The molecular formula is C19H26O7. The summed E-state index contributed by atoms with van der Waals surface area (Å²) >= 11 is 0. The Morgan fingerprint density at radius 3 is 2.58 bits per heavy atom. The molecule has 144 valence electrons. The van der Waals surface area contributed by atoms with Crippen LogP contribution in [-0.4, -0.2) is 47.4 Å². The van der Waals surface area contributed by atoms with Crippen LogP contribution in [0.25, 0.3) is 0 Å². The molecular weight excluding hydrogens is 340 g/mol. The summed E-state index contributed by atoms with van der Waals surface area (Å²) in [5.74, 6) is -1.91. The molecule has 3 rings (SSSR count). The fourth-order valence-electron chi connectivity index (χ4n) is 5.19. The Bertz CT molecular complexity index is 656. The van der Waals surface area contributed by atoms with Crippen LogP contribution in [0.15, 0.2) is 12.2 Å². The quantitative estimate of drug-likeness (QED) is 0.459.